The number of hydrogen-bond acceptors (Lipinski definition) is 3. The summed E-state index contributed by atoms with van der Waals surface area (Å²) in [5.74, 6) is 0.757. The van der Waals surface area contributed by atoms with E-state index >= 15 is 0 Å². The minimum absolute atomic E-state index is 0.179. The van der Waals surface area contributed by atoms with Gasteiger partial charge in [-0.3, -0.25) is 0 Å². The van der Waals surface area contributed by atoms with Gasteiger partial charge in [-0.15, -0.1) is 0 Å². The number of methoxy groups -OCH3 is 1. The molecule has 2 atom stereocenters. The van der Waals surface area contributed by atoms with Crippen molar-refractivity contribution in [2.75, 3.05) is 13.7 Å². The molecule has 4 heteroatoms. The summed E-state index contributed by atoms with van der Waals surface area (Å²) in [5, 5.41) is 13.6. The Morgan fingerprint density at radius 2 is 1.86 bits per heavy atom. The van der Waals surface area contributed by atoms with Crippen LogP contribution in [-0.2, 0) is 0 Å². The highest BCUT2D eigenvalue weighted by Crippen LogP contribution is 2.20. The first-order chi connectivity index (χ1) is 10.1. The lowest BCUT2D eigenvalue weighted by Gasteiger charge is -2.18. The van der Waals surface area contributed by atoms with Gasteiger partial charge in [-0.1, -0.05) is 40.2 Å². The molecule has 0 spiro atoms. The maximum absolute atomic E-state index is 10.3. The molecule has 0 aliphatic heterocycles. The summed E-state index contributed by atoms with van der Waals surface area (Å²) in [6.45, 7) is 2.58. The fourth-order valence-electron chi connectivity index (χ4n) is 2.12. The lowest BCUT2D eigenvalue weighted by atomic mass is 10.1. The molecule has 0 bridgehead atoms. The largest absolute Gasteiger partial charge is 0.497 e. The molecule has 2 aromatic carbocycles. The number of rotatable bonds is 6. The number of nitrogens with one attached hydrogen (secondary N) is 1. The average Bonchev–Trinajstić information content (AvgIpc) is 2.53. The van der Waals surface area contributed by atoms with E-state index in [4.69, 9.17) is 4.74 Å². The van der Waals surface area contributed by atoms with Gasteiger partial charge in [-0.25, -0.2) is 0 Å². The van der Waals surface area contributed by atoms with Crippen molar-refractivity contribution in [3.8, 4) is 5.75 Å². The van der Waals surface area contributed by atoms with Gasteiger partial charge in [0.05, 0.1) is 13.2 Å². The van der Waals surface area contributed by atoms with Crippen molar-refractivity contribution in [2.45, 2.75) is 19.1 Å². The van der Waals surface area contributed by atoms with Crippen LogP contribution in [0.2, 0.25) is 0 Å². The summed E-state index contributed by atoms with van der Waals surface area (Å²) in [6.07, 6.45) is -0.557. The molecule has 0 aliphatic rings. The molecule has 0 saturated carbocycles. The van der Waals surface area contributed by atoms with Crippen molar-refractivity contribution in [3.63, 3.8) is 0 Å². The zero-order chi connectivity index (χ0) is 15.2. The molecule has 3 nitrogen and oxygen atoms in total. The van der Waals surface area contributed by atoms with E-state index < -0.39 is 6.10 Å². The molecule has 0 saturated heterocycles. The summed E-state index contributed by atoms with van der Waals surface area (Å²) in [6, 6.07) is 15.9. The Hall–Kier alpha value is -1.36. The van der Waals surface area contributed by atoms with E-state index in [9.17, 15) is 5.11 Å². The van der Waals surface area contributed by atoms with E-state index in [1.54, 1.807) is 7.11 Å². The van der Waals surface area contributed by atoms with Gasteiger partial charge in [0.25, 0.3) is 0 Å². The minimum atomic E-state index is -0.557. The molecule has 0 aliphatic carbocycles. The quantitative estimate of drug-likeness (QED) is 0.832. The molecule has 0 heterocycles. The monoisotopic (exact) mass is 349 g/mol. The Morgan fingerprint density at radius 3 is 2.52 bits per heavy atom. The van der Waals surface area contributed by atoms with Crippen LogP contribution >= 0.6 is 15.9 Å². The van der Waals surface area contributed by atoms with Crippen LogP contribution in [0.25, 0.3) is 0 Å². The molecule has 2 N–H and O–H groups in total. The molecular formula is C17H20BrNO2. The predicted octanol–water partition coefficient (Wildman–Crippen LogP) is 3.84. The van der Waals surface area contributed by atoms with E-state index in [0.29, 0.717) is 6.54 Å². The summed E-state index contributed by atoms with van der Waals surface area (Å²) >= 11 is 3.43. The summed E-state index contributed by atoms with van der Waals surface area (Å²) in [7, 11) is 1.62. The van der Waals surface area contributed by atoms with Crippen molar-refractivity contribution in [1.29, 1.82) is 0 Å². The van der Waals surface area contributed by atoms with Crippen molar-refractivity contribution in [2.24, 2.45) is 0 Å². The van der Waals surface area contributed by atoms with Gasteiger partial charge in [-0.2, -0.15) is 0 Å². The Labute approximate surface area is 134 Å². The molecule has 112 valence electrons. The first-order valence-corrected chi connectivity index (χ1v) is 7.70. The SMILES string of the molecule is COc1cccc(C(O)CNC(C)c2ccc(Br)cc2)c1. The van der Waals surface area contributed by atoms with Gasteiger partial charge in [0.1, 0.15) is 5.75 Å². The van der Waals surface area contributed by atoms with Crippen molar-refractivity contribution < 1.29 is 9.84 Å². The fraction of sp³-hybridized carbons (Fsp3) is 0.294. The van der Waals surface area contributed by atoms with Crippen LogP contribution in [0.5, 0.6) is 5.75 Å². The zero-order valence-corrected chi connectivity index (χ0v) is 13.8. The molecule has 21 heavy (non-hydrogen) atoms. The molecule has 0 amide bonds. The number of halogens is 1. The van der Waals surface area contributed by atoms with E-state index in [1.807, 2.05) is 36.4 Å². The average molecular weight is 350 g/mol. The topological polar surface area (TPSA) is 41.5 Å². The third kappa shape index (κ3) is 4.56. The first-order valence-electron chi connectivity index (χ1n) is 6.91. The van der Waals surface area contributed by atoms with Gasteiger partial charge >= 0.3 is 0 Å². The van der Waals surface area contributed by atoms with E-state index in [2.05, 4.69) is 40.3 Å². The molecular weight excluding hydrogens is 330 g/mol. The van der Waals surface area contributed by atoms with Crippen molar-refractivity contribution in [1.82, 2.24) is 5.32 Å². The zero-order valence-electron chi connectivity index (χ0n) is 12.2. The van der Waals surface area contributed by atoms with Gasteiger partial charge in [-0.05, 0) is 42.3 Å². The molecule has 2 rings (SSSR count). The Bertz CT molecular complexity index is 571. The maximum Gasteiger partial charge on any atom is 0.119 e. The highest BCUT2D eigenvalue weighted by Gasteiger charge is 2.11. The molecule has 0 aromatic heterocycles. The highest BCUT2D eigenvalue weighted by atomic mass is 79.9. The minimum Gasteiger partial charge on any atom is -0.497 e. The van der Waals surface area contributed by atoms with Crippen LogP contribution in [-0.4, -0.2) is 18.8 Å². The standard InChI is InChI=1S/C17H20BrNO2/c1-12(13-6-8-15(18)9-7-13)19-11-17(20)14-4-3-5-16(10-14)21-2/h3-10,12,17,19-20H,11H2,1-2H3. The van der Waals surface area contributed by atoms with Crippen LogP contribution in [0.15, 0.2) is 53.0 Å². The first kappa shape index (κ1) is 16.0. The van der Waals surface area contributed by atoms with E-state index in [0.717, 1.165) is 15.8 Å². The third-order valence-electron chi connectivity index (χ3n) is 3.47. The summed E-state index contributed by atoms with van der Waals surface area (Å²) in [5.41, 5.74) is 2.04. The number of aliphatic hydroxyl groups excluding tert-OH is 1. The smallest absolute Gasteiger partial charge is 0.119 e. The van der Waals surface area contributed by atoms with Crippen molar-refractivity contribution in [3.05, 3.63) is 64.1 Å². The lowest BCUT2D eigenvalue weighted by Crippen LogP contribution is -2.24. The van der Waals surface area contributed by atoms with E-state index in [1.165, 1.54) is 5.56 Å². The highest BCUT2D eigenvalue weighted by molar-refractivity contribution is 9.10. The lowest BCUT2D eigenvalue weighted by molar-refractivity contribution is 0.170. The van der Waals surface area contributed by atoms with Crippen LogP contribution in [0.4, 0.5) is 0 Å². The number of aliphatic hydroxyl groups is 1. The molecule has 0 fully saturated rings. The second kappa shape index (κ2) is 7.59. The van der Waals surface area contributed by atoms with Gasteiger partial charge in [0.15, 0.2) is 0 Å². The normalized spacial score (nSPS) is 13.7. The van der Waals surface area contributed by atoms with Crippen molar-refractivity contribution >= 4 is 15.9 Å². The fourth-order valence-corrected chi connectivity index (χ4v) is 2.39. The van der Waals surface area contributed by atoms with Gasteiger partial charge in [0.2, 0.25) is 0 Å². The number of hydrogen-bond donors (Lipinski definition) is 2. The Kier molecular flexibility index (Phi) is 5.79. The predicted molar refractivity (Wildman–Crippen MR) is 88.5 cm³/mol. The maximum atomic E-state index is 10.3. The third-order valence-corrected chi connectivity index (χ3v) is 3.99. The Balaban J connectivity index is 1.93. The van der Waals surface area contributed by atoms with Crippen LogP contribution in [0, 0.1) is 0 Å². The molecule has 2 unspecified atom stereocenters. The van der Waals surface area contributed by atoms with Gasteiger partial charge in [0, 0.05) is 17.1 Å². The number of benzene rings is 2. The number of ether oxygens (including phenoxy) is 1. The second-order valence-electron chi connectivity index (χ2n) is 4.97. The van der Waals surface area contributed by atoms with E-state index in [-0.39, 0.29) is 6.04 Å². The van der Waals surface area contributed by atoms with Crippen LogP contribution in [0.3, 0.4) is 0 Å². The summed E-state index contributed by atoms with van der Waals surface area (Å²) in [4.78, 5) is 0. The van der Waals surface area contributed by atoms with Crippen LogP contribution < -0.4 is 10.1 Å². The molecule has 2 aromatic rings. The summed E-state index contributed by atoms with van der Waals surface area (Å²) < 4.78 is 6.24. The Morgan fingerprint density at radius 1 is 1.14 bits per heavy atom. The van der Waals surface area contributed by atoms with Crippen LogP contribution in [0.1, 0.15) is 30.2 Å². The second-order valence-corrected chi connectivity index (χ2v) is 5.89. The molecule has 0 radical (unpaired) electrons. The van der Waals surface area contributed by atoms with Gasteiger partial charge < -0.3 is 15.2 Å².